The van der Waals surface area contributed by atoms with Crippen molar-refractivity contribution < 1.29 is 0 Å². The van der Waals surface area contributed by atoms with E-state index in [0.29, 0.717) is 0 Å². The molecule has 20 heavy (non-hydrogen) atoms. The SMILES string of the molecule is CC(N)Cc1ccc(N(C)Cc2ccccc2)c(Cl)c1. The molecule has 1 atom stereocenters. The van der Waals surface area contributed by atoms with E-state index >= 15 is 0 Å². The van der Waals surface area contributed by atoms with E-state index in [-0.39, 0.29) is 6.04 Å². The second-order valence-corrected chi connectivity index (χ2v) is 5.72. The lowest BCUT2D eigenvalue weighted by Gasteiger charge is -2.21. The maximum atomic E-state index is 6.39. The number of nitrogens with two attached hydrogens (primary N) is 1. The molecule has 106 valence electrons. The molecule has 2 nitrogen and oxygen atoms in total. The summed E-state index contributed by atoms with van der Waals surface area (Å²) in [5.41, 5.74) is 9.32. The van der Waals surface area contributed by atoms with Gasteiger partial charge in [-0.3, -0.25) is 0 Å². The number of nitrogens with zero attached hydrogens (tertiary/aromatic N) is 1. The van der Waals surface area contributed by atoms with E-state index in [1.807, 2.05) is 19.1 Å². The molecule has 0 radical (unpaired) electrons. The van der Waals surface area contributed by atoms with Crippen molar-refractivity contribution in [1.82, 2.24) is 0 Å². The Bertz CT molecular complexity index is 552. The molecule has 2 N–H and O–H groups in total. The van der Waals surface area contributed by atoms with Crippen molar-refractivity contribution in [2.45, 2.75) is 25.9 Å². The maximum Gasteiger partial charge on any atom is 0.0642 e. The molecule has 0 bridgehead atoms. The van der Waals surface area contributed by atoms with Gasteiger partial charge in [0.1, 0.15) is 0 Å². The fourth-order valence-electron chi connectivity index (χ4n) is 2.30. The van der Waals surface area contributed by atoms with Gasteiger partial charge in [-0.25, -0.2) is 0 Å². The van der Waals surface area contributed by atoms with Crippen molar-refractivity contribution in [2.24, 2.45) is 5.73 Å². The van der Waals surface area contributed by atoms with Gasteiger partial charge in [0.15, 0.2) is 0 Å². The topological polar surface area (TPSA) is 29.3 Å². The van der Waals surface area contributed by atoms with Crippen LogP contribution in [0.4, 0.5) is 5.69 Å². The molecular formula is C17H21ClN2. The van der Waals surface area contributed by atoms with Gasteiger partial charge in [0.25, 0.3) is 0 Å². The molecule has 0 aromatic heterocycles. The second-order valence-electron chi connectivity index (χ2n) is 5.31. The highest BCUT2D eigenvalue weighted by molar-refractivity contribution is 6.33. The summed E-state index contributed by atoms with van der Waals surface area (Å²) < 4.78 is 0. The van der Waals surface area contributed by atoms with E-state index in [2.05, 4.69) is 48.3 Å². The van der Waals surface area contributed by atoms with Crippen molar-refractivity contribution >= 4 is 17.3 Å². The molecule has 0 heterocycles. The minimum atomic E-state index is 0.152. The zero-order valence-electron chi connectivity index (χ0n) is 12.0. The molecule has 0 amide bonds. The van der Waals surface area contributed by atoms with Gasteiger partial charge in [0.05, 0.1) is 10.7 Å². The second kappa shape index (κ2) is 6.78. The van der Waals surface area contributed by atoms with E-state index in [1.54, 1.807) is 0 Å². The molecule has 0 fully saturated rings. The van der Waals surface area contributed by atoms with Crippen LogP contribution in [0, 0.1) is 0 Å². The highest BCUT2D eigenvalue weighted by Gasteiger charge is 2.08. The Labute approximate surface area is 126 Å². The maximum absolute atomic E-state index is 6.39. The number of rotatable bonds is 5. The Morgan fingerprint density at radius 1 is 1.10 bits per heavy atom. The van der Waals surface area contributed by atoms with E-state index < -0.39 is 0 Å². The van der Waals surface area contributed by atoms with Crippen LogP contribution in [0.3, 0.4) is 0 Å². The zero-order chi connectivity index (χ0) is 14.5. The van der Waals surface area contributed by atoms with Crippen LogP contribution >= 0.6 is 11.6 Å². The van der Waals surface area contributed by atoms with E-state index in [4.69, 9.17) is 17.3 Å². The standard InChI is InChI=1S/C17H21ClN2/c1-13(19)10-15-8-9-17(16(18)11-15)20(2)12-14-6-4-3-5-7-14/h3-9,11,13H,10,12,19H2,1-2H3. The van der Waals surface area contributed by atoms with Crippen molar-refractivity contribution in [1.29, 1.82) is 0 Å². The first-order valence-corrected chi connectivity index (χ1v) is 7.23. The average Bonchev–Trinajstić information content (AvgIpc) is 2.39. The average molecular weight is 289 g/mol. The molecule has 0 saturated heterocycles. The summed E-state index contributed by atoms with van der Waals surface area (Å²) >= 11 is 6.39. The first-order valence-electron chi connectivity index (χ1n) is 6.85. The Balaban J connectivity index is 2.12. The molecule has 0 saturated carbocycles. The molecule has 1 unspecified atom stereocenters. The Morgan fingerprint density at radius 3 is 2.40 bits per heavy atom. The van der Waals surface area contributed by atoms with Crippen LogP contribution in [-0.4, -0.2) is 13.1 Å². The largest absolute Gasteiger partial charge is 0.369 e. The van der Waals surface area contributed by atoms with Gasteiger partial charge in [-0.1, -0.05) is 48.0 Å². The quantitative estimate of drug-likeness (QED) is 0.905. The van der Waals surface area contributed by atoms with E-state index in [1.165, 1.54) is 11.1 Å². The molecule has 2 rings (SSSR count). The van der Waals surface area contributed by atoms with E-state index in [9.17, 15) is 0 Å². The normalized spacial score (nSPS) is 12.2. The van der Waals surface area contributed by atoms with Crippen LogP contribution in [0.1, 0.15) is 18.1 Å². The van der Waals surface area contributed by atoms with Crippen LogP contribution in [0.2, 0.25) is 5.02 Å². The molecule has 2 aromatic carbocycles. The molecule has 0 aliphatic heterocycles. The first-order chi connectivity index (χ1) is 9.56. The Hall–Kier alpha value is -1.51. The third-order valence-electron chi connectivity index (χ3n) is 3.24. The highest BCUT2D eigenvalue weighted by atomic mass is 35.5. The molecular weight excluding hydrogens is 268 g/mol. The molecule has 0 aliphatic rings. The van der Waals surface area contributed by atoms with E-state index in [0.717, 1.165) is 23.7 Å². The van der Waals surface area contributed by atoms with Crippen LogP contribution in [0.15, 0.2) is 48.5 Å². The lowest BCUT2D eigenvalue weighted by molar-refractivity contribution is 0.738. The highest BCUT2D eigenvalue weighted by Crippen LogP contribution is 2.27. The van der Waals surface area contributed by atoms with Crippen LogP contribution in [0.5, 0.6) is 0 Å². The van der Waals surface area contributed by atoms with Gasteiger partial charge < -0.3 is 10.6 Å². The smallest absolute Gasteiger partial charge is 0.0642 e. The summed E-state index contributed by atoms with van der Waals surface area (Å²) in [5.74, 6) is 0. The minimum Gasteiger partial charge on any atom is -0.369 e. The van der Waals surface area contributed by atoms with Gasteiger partial charge in [0.2, 0.25) is 0 Å². The number of hydrogen-bond donors (Lipinski definition) is 1. The summed E-state index contributed by atoms with van der Waals surface area (Å²) in [6.07, 6.45) is 0.850. The van der Waals surface area contributed by atoms with Crippen molar-refractivity contribution in [3.63, 3.8) is 0 Å². The molecule has 2 aromatic rings. The Morgan fingerprint density at radius 2 is 1.80 bits per heavy atom. The van der Waals surface area contributed by atoms with Crippen molar-refractivity contribution in [2.75, 3.05) is 11.9 Å². The lowest BCUT2D eigenvalue weighted by atomic mass is 10.1. The van der Waals surface area contributed by atoms with Crippen molar-refractivity contribution in [3.8, 4) is 0 Å². The number of halogens is 1. The predicted molar refractivity (Wildman–Crippen MR) is 87.4 cm³/mol. The summed E-state index contributed by atoms with van der Waals surface area (Å²) in [7, 11) is 2.06. The molecule has 3 heteroatoms. The lowest BCUT2D eigenvalue weighted by Crippen LogP contribution is -2.19. The monoisotopic (exact) mass is 288 g/mol. The van der Waals surface area contributed by atoms with Gasteiger partial charge in [-0.15, -0.1) is 0 Å². The summed E-state index contributed by atoms with van der Waals surface area (Å²) in [5, 5.41) is 0.779. The summed E-state index contributed by atoms with van der Waals surface area (Å²) in [6.45, 7) is 2.84. The third kappa shape index (κ3) is 3.99. The Kier molecular flexibility index (Phi) is 5.05. The summed E-state index contributed by atoms with van der Waals surface area (Å²) in [4.78, 5) is 2.16. The number of benzene rings is 2. The minimum absolute atomic E-state index is 0.152. The fraction of sp³-hybridized carbons (Fsp3) is 0.294. The summed E-state index contributed by atoms with van der Waals surface area (Å²) in [6, 6.07) is 16.7. The van der Waals surface area contributed by atoms with Crippen LogP contribution in [0.25, 0.3) is 0 Å². The van der Waals surface area contributed by atoms with Crippen LogP contribution in [-0.2, 0) is 13.0 Å². The van der Waals surface area contributed by atoms with Crippen molar-refractivity contribution in [3.05, 3.63) is 64.7 Å². The zero-order valence-corrected chi connectivity index (χ0v) is 12.8. The first kappa shape index (κ1) is 14.9. The van der Waals surface area contributed by atoms with Gasteiger partial charge in [0, 0.05) is 19.6 Å². The number of hydrogen-bond acceptors (Lipinski definition) is 2. The molecule has 0 spiro atoms. The number of anilines is 1. The van der Waals surface area contributed by atoms with Crippen LogP contribution < -0.4 is 10.6 Å². The third-order valence-corrected chi connectivity index (χ3v) is 3.55. The van der Waals surface area contributed by atoms with Gasteiger partial charge in [-0.2, -0.15) is 0 Å². The molecule has 0 aliphatic carbocycles. The predicted octanol–water partition coefficient (Wildman–Crippen LogP) is 3.87. The van der Waals surface area contributed by atoms with Gasteiger partial charge in [-0.05, 0) is 36.6 Å². The van der Waals surface area contributed by atoms with Gasteiger partial charge >= 0.3 is 0 Å². The fourth-order valence-corrected chi connectivity index (χ4v) is 2.65.